The highest BCUT2D eigenvalue weighted by molar-refractivity contribution is 9.10. The second-order valence-corrected chi connectivity index (χ2v) is 11.8. The fourth-order valence-corrected chi connectivity index (χ4v) is 6.63. The Bertz CT molecular complexity index is 1380. The Morgan fingerprint density at radius 1 is 1.22 bits per heavy atom. The van der Waals surface area contributed by atoms with E-state index in [1.54, 1.807) is 25.1 Å². The number of allylic oxidation sites excluding steroid dienone is 1. The van der Waals surface area contributed by atoms with E-state index in [1.807, 2.05) is 31.2 Å². The number of carboxylic acids is 1. The Labute approximate surface area is 247 Å². The number of hydrogen-bond donors (Lipinski definition) is 2. The van der Waals surface area contributed by atoms with Gasteiger partial charge in [-0.05, 0) is 73.5 Å². The minimum atomic E-state index is -1.32. The highest BCUT2D eigenvalue weighted by Gasteiger charge is 2.61. The summed E-state index contributed by atoms with van der Waals surface area (Å²) in [4.78, 5) is 45.8. The number of nitrogens with zero attached hydrogens (tertiary/aromatic N) is 2. The lowest BCUT2D eigenvalue weighted by Crippen LogP contribution is -2.49. The minimum Gasteiger partial charge on any atom is -0.495 e. The molecule has 220 valence electrons. The first-order valence-electron chi connectivity index (χ1n) is 14.1. The zero-order valence-electron chi connectivity index (χ0n) is 23.5. The van der Waals surface area contributed by atoms with Crippen LogP contribution in [0.4, 0.5) is 0 Å². The third-order valence-electron chi connectivity index (χ3n) is 8.40. The zero-order chi connectivity index (χ0) is 29.3. The molecule has 2 aromatic rings. The Balaban J connectivity index is 1.46. The molecule has 41 heavy (non-hydrogen) atoms. The molecule has 10 nitrogen and oxygen atoms in total. The van der Waals surface area contributed by atoms with Crippen LogP contribution in [-0.4, -0.2) is 71.7 Å². The van der Waals surface area contributed by atoms with Crippen LogP contribution >= 0.6 is 15.9 Å². The van der Waals surface area contributed by atoms with E-state index in [4.69, 9.17) is 14.2 Å². The molecule has 1 aromatic heterocycles. The topological polar surface area (TPSA) is 127 Å². The van der Waals surface area contributed by atoms with Crippen molar-refractivity contribution in [2.24, 2.45) is 17.8 Å². The molecule has 2 heterocycles. The number of aliphatic carboxylic acids is 1. The van der Waals surface area contributed by atoms with E-state index in [0.717, 1.165) is 24.6 Å². The molecule has 2 aliphatic carbocycles. The highest BCUT2D eigenvalue weighted by atomic mass is 79.9. The van der Waals surface area contributed by atoms with Crippen LogP contribution in [0.5, 0.6) is 17.4 Å². The van der Waals surface area contributed by atoms with Gasteiger partial charge in [-0.3, -0.25) is 9.59 Å². The first-order chi connectivity index (χ1) is 19.7. The number of amides is 2. The summed E-state index contributed by atoms with van der Waals surface area (Å²) in [5.41, 5.74) is -0.721. The Kier molecular flexibility index (Phi) is 8.45. The number of pyridine rings is 1. The van der Waals surface area contributed by atoms with E-state index in [0.29, 0.717) is 53.4 Å². The van der Waals surface area contributed by atoms with Crippen LogP contribution in [-0.2, 0) is 14.4 Å². The van der Waals surface area contributed by atoms with Gasteiger partial charge in [-0.2, -0.15) is 0 Å². The second-order valence-electron chi connectivity index (χ2n) is 11.1. The van der Waals surface area contributed by atoms with Crippen LogP contribution in [0, 0.1) is 17.8 Å². The lowest BCUT2D eigenvalue weighted by atomic mass is 9.93. The monoisotopic (exact) mass is 629 g/mol. The van der Waals surface area contributed by atoms with Crippen molar-refractivity contribution in [2.75, 3.05) is 27.3 Å². The van der Waals surface area contributed by atoms with Crippen LogP contribution in [0.1, 0.15) is 45.4 Å². The number of ether oxygens (including phenoxy) is 3. The molecule has 2 amide bonds. The van der Waals surface area contributed by atoms with Gasteiger partial charge in [0.2, 0.25) is 17.7 Å². The van der Waals surface area contributed by atoms with Crippen molar-refractivity contribution in [2.45, 2.75) is 57.1 Å². The molecule has 0 spiro atoms. The van der Waals surface area contributed by atoms with Gasteiger partial charge in [0, 0.05) is 31.0 Å². The lowest BCUT2D eigenvalue weighted by Gasteiger charge is -2.26. The van der Waals surface area contributed by atoms with E-state index >= 15 is 0 Å². The second kappa shape index (κ2) is 11.9. The molecule has 0 radical (unpaired) electrons. The predicted octanol–water partition coefficient (Wildman–Crippen LogP) is 4.34. The number of carboxylic acid groups (broad SMARTS) is 1. The molecule has 5 atom stereocenters. The third-order valence-corrected chi connectivity index (χ3v) is 9.17. The average molecular weight is 631 g/mol. The van der Waals surface area contributed by atoms with Gasteiger partial charge >= 0.3 is 5.97 Å². The van der Waals surface area contributed by atoms with E-state index in [1.165, 1.54) is 0 Å². The van der Waals surface area contributed by atoms with Crippen molar-refractivity contribution in [3.8, 4) is 17.4 Å². The molecular formula is C30H36BrN3O7. The van der Waals surface area contributed by atoms with Crippen molar-refractivity contribution in [3.63, 3.8) is 0 Å². The van der Waals surface area contributed by atoms with E-state index in [-0.39, 0.29) is 18.2 Å². The molecule has 3 aliphatic rings. The molecule has 5 rings (SSSR count). The largest absolute Gasteiger partial charge is 0.495 e. The maximum absolute atomic E-state index is 13.7. The molecule has 0 unspecified atom stereocenters. The number of benzene rings is 1. The standard InChI is InChI=1S/C30H36BrN3O7/c1-4-40-24-15-23(19-10-11-22(39-3)25(31)26(19)32-24)41-18-13-20-21(14-18)28(36)34(2)12-8-6-5-7-9-17-16-30(17,29(37)38)33-27(20)35/h7,9-11,15,17-18,20-21H,4-6,8,12-14,16H2,1-3H3,(H,33,35)(H,37,38)/b9-7-/t17-,18-,20-,21-,30-/m1/s1. The van der Waals surface area contributed by atoms with E-state index in [9.17, 15) is 19.5 Å². The minimum absolute atomic E-state index is 0.123. The summed E-state index contributed by atoms with van der Waals surface area (Å²) in [6.45, 7) is 2.87. The smallest absolute Gasteiger partial charge is 0.330 e. The maximum Gasteiger partial charge on any atom is 0.330 e. The van der Waals surface area contributed by atoms with Gasteiger partial charge in [0.1, 0.15) is 23.1 Å². The molecule has 1 aliphatic heterocycles. The van der Waals surface area contributed by atoms with Crippen LogP contribution in [0.3, 0.4) is 0 Å². The summed E-state index contributed by atoms with van der Waals surface area (Å²) < 4.78 is 18.3. The number of aromatic nitrogens is 1. The summed E-state index contributed by atoms with van der Waals surface area (Å²) >= 11 is 3.57. The number of carbonyl (C=O) groups excluding carboxylic acids is 2. The maximum atomic E-state index is 13.7. The highest BCUT2D eigenvalue weighted by Crippen LogP contribution is 2.47. The van der Waals surface area contributed by atoms with Crippen molar-refractivity contribution in [3.05, 3.63) is 34.8 Å². The first kappa shape index (κ1) is 29.2. The SMILES string of the molecule is CCOc1cc(O[C@@H]2C[C@H]3C(=O)N[C@]4(C(=O)O)C[C@H]4/C=C\CCCCN(C)C(=O)[C@@H]3C2)c2ccc(OC)c(Br)c2n1. The van der Waals surface area contributed by atoms with Crippen molar-refractivity contribution < 1.29 is 33.7 Å². The van der Waals surface area contributed by atoms with Crippen LogP contribution in [0.25, 0.3) is 10.9 Å². The van der Waals surface area contributed by atoms with Crippen molar-refractivity contribution in [1.29, 1.82) is 0 Å². The van der Waals surface area contributed by atoms with Gasteiger partial charge in [-0.1, -0.05) is 12.2 Å². The van der Waals surface area contributed by atoms with Gasteiger partial charge < -0.3 is 29.5 Å². The van der Waals surface area contributed by atoms with Crippen molar-refractivity contribution >= 4 is 44.6 Å². The summed E-state index contributed by atoms with van der Waals surface area (Å²) in [6.07, 6.45) is 6.91. The Morgan fingerprint density at radius 2 is 2.00 bits per heavy atom. The fourth-order valence-electron chi connectivity index (χ4n) is 6.03. The number of rotatable bonds is 6. The molecule has 0 bridgehead atoms. The fraction of sp³-hybridized carbons (Fsp3) is 0.533. The summed E-state index contributed by atoms with van der Waals surface area (Å²) in [6, 6.07) is 5.38. The number of halogens is 1. The molecule has 1 aromatic carbocycles. The van der Waals surface area contributed by atoms with Gasteiger partial charge in [-0.15, -0.1) is 0 Å². The molecule has 2 saturated carbocycles. The molecule has 2 fully saturated rings. The lowest BCUT2D eigenvalue weighted by molar-refractivity contribution is -0.145. The Hall–Kier alpha value is -3.34. The molecule has 2 N–H and O–H groups in total. The summed E-state index contributed by atoms with van der Waals surface area (Å²) in [5.74, 6) is -1.68. The zero-order valence-corrected chi connectivity index (χ0v) is 25.1. The van der Waals surface area contributed by atoms with Crippen LogP contribution in [0.2, 0.25) is 0 Å². The molecule has 0 saturated heterocycles. The van der Waals surface area contributed by atoms with E-state index < -0.39 is 35.4 Å². The average Bonchev–Trinajstić information content (AvgIpc) is 3.48. The first-order valence-corrected chi connectivity index (χ1v) is 14.9. The number of fused-ring (bicyclic) bond motifs is 3. The van der Waals surface area contributed by atoms with E-state index in [2.05, 4.69) is 26.2 Å². The summed E-state index contributed by atoms with van der Waals surface area (Å²) in [5, 5.41) is 13.5. The number of carbonyl (C=O) groups is 3. The van der Waals surface area contributed by atoms with Crippen LogP contribution < -0.4 is 19.5 Å². The quantitative estimate of drug-likeness (QED) is 0.452. The number of nitrogens with one attached hydrogen (secondary N) is 1. The predicted molar refractivity (Wildman–Crippen MR) is 155 cm³/mol. The Morgan fingerprint density at radius 3 is 2.73 bits per heavy atom. The van der Waals surface area contributed by atoms with Crippen molar-refractivity contribution in [1.82, 2.24) is 15.2 Å². The van der Waals surface area contributed by atoms with Gasteiger partial charge in [0.25, 0.3) is 0 Å². The van der Waals surface area contributed by atoms with Gasteiger partial charge in [0.05, 0.1) is 35.5 Å². The number of hydrogen-bond acceptors (Lipinski definition) is 7. The van der Waals surface area contributed by atoms with Gasteiger partial charge in [0.15, 0.2) is 0 Å². The third kappa shape index (κ3) is 5.73. The van der Waals surface area contributed by atoms with Crippen LogP contribution in [0.15, 0.2) is 34.8 Å². The normalized spacial score (nSPS) is 29.1. The summed E-state index contributed by atoms with van der Waals surface area (Å²) in [7, 11) is 3.34. The molecule has 11 heteroatoms. The van der Waals surface area contributed by atoms with Gasteiger partial charge in [-0.25, -0.2) is 9.78 Å². The number of methoxy groups -OCH3 is 1. The molecular weight excluding hydrogens is 594 g/mol.